The standard InChI is InChI=1S/C28H28N4O/c33-28-26-16-8-7-15-25(26)27(24-13-5-2-6-14-24)29-32(28)22-31-20-18-30(19-21-31)17-9-12-23-10-3-1-4-11-23/h1-16H,17-22H2/b12-9+. The van der Waals surface area contributed by atoms with E-state index in [1.165, 1.54) is 5.56 Å². The summed E-state index contributed by atoms with van der Waals surface area (Å²) < 4.78 is 1.63. The van der Waals surface area contributed by atoms with E-state index in [0.717, 1.165) is 54.8 Å². The van der Waals surface area contributed by atoms with Crippen molar-refractivity contribution in [3.8, 4) is 11.3 Å². The summed E-state index contributed by atoms with van der Waals surface area (Å²) in [6.45, 7) is 5.24. The highest BCUT2D eigenvalue weighted by Crippen LogP contribution is 2.24. The topological polar surface area (TPSA) is 41.4 Å². The van der Waals surface area contributed by atoms with Crippen molar-refractivity contribution in [1.82, 2.24) is 19.6 Å². The van der Waals surface area contributed by atoms with Crippen LogP contribution in [0.25, 0.3) is 28.1 Å². The lowest BCUT2D eigenvalue weighted by atomic mass is 10.1. The Kier molecular flexibility index (Phi) is 6.42. The molecule has 0 radical (unpaired) electrons. The first-order chi connectivity index (χ1) is 16.3. The van der Waals surface area contributed by atoms with Gasteiger partial charge in [-0.3, -0.25) is 14.6 Å². The third-order valence-electron chi connectivity index (χ3n) is 6.19. The van der Waals surface area contributed by atoms with Gasteiger partial charge >= 0.3 is 0 Å². The van der Waals surface area contributed by atoms with Crippen LogP contribution in [0.2, 0.25) is 0 Å². The van der Waals surface area contributed by atoms with Crippen LogP contribution in [0.1, 0.15) is 5.56 Å². The highest BCUT2D eigenvalue weighted by atomic mass is 16.1. The molecule has 4 aromatic rings. The Hall–Kier alpha value is -3.54. The number of fused-ring (bicyclic) bond motifs is 1. The summed E-state index contributed by atoms with van der Waals surface area (Å²) in [5, 5.41) is 6.43. The van der Waals surface area contributed by atoms with Gasteiger partial charge in [0, 0.05) is 43.7 Å². The molecule has 0 atom stereocenters. The van der Waals surface area contributed by atoms with Crippen LogP contribution in [0.4, 0.5) is 0 Å². The maximum atomic E-state index is 13.2. The van der Waals surface area contributed by atoms with E-state index in [1.54, 1.807) is 4.68 Å². The van der Waals surface area contributed by atoms with Gasteiger partial charge in [0.2, 0.25) is 0 Å². The molecule has 33 heavy (non-hydrogen) atoms. The zero-order valence-electron chi connectivity index (χ0n) is 18.7. The molecule has 1 aliphatic heterocycles. The first kappa shape index (κ1) is 21.3. The summed E-state index contributed by atoms with van der Waals surface area (Å²) in [6, 6.07) is 28.3. The van der Waals surface area contributed by atoms with Crippen LogP contribution in [-0.2, 0) is 6.67 Å². The number of aromatic nitrogens is 2. The molecule has 1 fully saturated rings. The molecular weight excluding hydrogens is 408 g/mol. The average molecular weight is 437 g/mol. The summed E-state index contributed by atoms with van der Waals surface area (Å²) in [6.07, 6.45) is 4.41. The molecule has 0 saturated carbocycles. The summed E-state index contributed by atoms with van der Waals surface area (Å²) in [4.78, 5) is 17.9. The quantitative estimate of drug-likeness (QED) is 0.451. The van der Waals surface area contributed by atoms with E-state index in [1.807, 2.05) is 60.7 Å². The van der Waals surface area contributed by atoms with Crippen molar-refractivity contribution in [3.05, 3.63) is 107 Å². The highest BCUT2D eigenvalue weighted by molar-refractivity contribution is 5.93. The van der Waals surface area contributed by atoms with Crippen LogP contribution < -0.4 is 5.56 Å². The summed E-state index contributed by atoms with van der Waals surface area (Å²) in [7, 11) is 0. The number of nitrogens with zero attached hydrogens (tertiary/aromatic N) is 4. The van der Waals surface area contributed by atoms with Crippen LogP contribution in [0, 0.1) is 0 Å². The maximum Gasteiger partial charge on any atom is 0.275 e. The predicted octanol–water partition coefficient (Wildman–Crippen LogP) is 4.35. The minimum Gasteiger partial charge on any atom is -0.297 e. The molecule has 1 aliphatic rings. The Labute approximate surface area is 194 Å². The van der Waals surface area contributed by atoms with Gasteiger partial charge in [0.05, 0.1) is 17.7 Å². The fourth-order valence-electron chi connectivity index (χ4n) is 4.34. The largest absolute Gasteiger partial charge is 0.297 e. The number of piperazine rings is 1. The molecule has 0 amide bonds. The molecule has 1 saturated heterocycles. The minimum absolute atomic E-state index is 0.0292. The molecule has 5 rings (SSSR count). The van der Waals surface area contributed by atoms with E-state index in [0.29, 0.717) is 6.67 Å². The molecule has 0 aliphatic carbocycles. The summed E-state index contributed by atoms with van der Waals surface area (Å²) >= 11 is 0. The van der Waals surface area contributed by atoms with Crippen molar-refractivity contribution in [2.45, 2.75) is 6.67 Å². The third kappa shape index (κ3) is 4.95. The van der Waals surface area contributed by atoms with Gasteiger partial charge in [-0.15, -0.1) is 0 Å². The van der Waals surface area contributed by atoms with E-state index in [4.69, 9.17) is 5.10 Å². The van der Waals surface area contributed by atoms with Gasteiger partial charge in [-0.05, 0) is 11.6 Å². The smallest absolute Gasteiger partial charge is 0.275 e. The van der Waals surface area contributed by atoms with Crippen LogP contribution in [0.15, 0.2) is 95.8 Å². The third-order valence-corrected chi connectivity index (χ3v) is 6.19. The maximum absolute atomic E-state index is 13.2. The zero-order valence-corrected chi connectivity index (χ0v) is 18.7. The van der Waals surface area contributed by atoms with Gasteiger partial charge in [0.25, 0.3) is 5.56 Å². The van der Waals surface area contributed by atoms with Crippen molar-refractivity contribution in [2.75, 3.05) is 32.7 Å². The summed E-state index contributed by atoms with van der Waals surface area (Å²) in [5.74, 6) is 0. The van der Waals surface area contributed by atoms with E-state index < -0.39 is 0 Å². The molecule has 0 unspecified atom stereocenters. The first-order valence-electron chi connectivity index (χ1n) is 11.5. The molecule has 5 heteroatoms. The molecule has 3 aromatic carbocycles. The summed E-state index contributed by atoms with van der Waals surface area (Å²) in [5.41, 5.74) is 3.08. The van der Waals surface area contributed by atoms with Crippen molar-refractivity contribution in [2.24, 2.45) is 0 Å². The molecular formula is C28H28N4O. The molecule has 5 nitrogen and oxygen atoms in total. The monoisotopic (exact) mass is 436 g/mol. The van der Waals surface area contributed by atoms with Crippen LogP contribution >= 0.6 is 0 Å². The van der Waals surface area contributed by atoms with Crippen LogP contribution in [-0.4, -0.2) is 52.3 Å². The lowest BCUT2D eigenvalue weighted by Gasteiger charge is -2.34. The Morgan fingerprint density at radius 2 is 1.33 bits per heavy atom. The number of rotatable bonds is 6. The van der Waals surface area contributed by atoms with Gasteiger partial charge in [-0.1, -0.05) is 91.0 Å². The SMILES string of the molecule is O=c1c2ccccc2c(-c2ccccc2)nn1CN1CCN(C/C=C/c2ccccc2)CC1. The Balaban J connectivity index is 1.29. The lowest BCUT2D eigenvalue weighted by molar-refractivity contribution is 0.109. The van der Waals surface area contributed by atoms with Gasteiger partial charge in [0.1, 0.15) is 0 Å². The number of hydrogen-bond donors (Lipinski definition) is 0. The number of benzene rings is 3. The Morgan fingerprint density at radius 3 is 2.06 bits per heavy atom. The van der Waals surface area contributed by atoms with Crippen molar-refractivity contribution in [1.29, 1.82) is 0 Å². The fraction of sp³-hybridized carbons (Fsp3) is 0.214. The second-order valence-electron chi connectivity index (χ2n) is 8.44. The first-order valence-corrected chi connectivity index (χ1v) is 11.5. The Morgan fingerprint density at radius 1 is 0.727 bits per heavy atom. The average Bonchev–Trinajstić information content (AvgIpc) is 2.88. The van der Waals surface area contributed by atoms with Crippen LogP contribution in [0.5, 0.6) is 0 Å². The second-order valence-corrected chi connectivity index (χ2v) is 8.44. The van der Waals surface area contributed by atoms with Gasteiger partial charge in [0.15, 0.2) is 0 Å². The Bertz CT molecular complexity index is 1290. The van der Waals surface area contributed by atoms with Gasteiger partial charge in [-0.2, -0.15) is 5.10 Å². The molecule has 0 N–H and O–H groups in total. The van der Waals surface area contributed by atoms with Crippen molar-refractivity contribution in [3.63, 3.8) is 0 Å². The van der Waals surface area contributed by atoms with Crippen LogP contribution in [0.3, 0.4) is 0 Å². The zero-order chi connectivity index (χ0) is 22.5. The van der Waals surface area contributed by atoms with E-state index in [2.05, 4.69) is 46.2 Å². The van der Waals surface area contributed by atoms with Crippen molar-refractivity contribution >= 4 is 16.8 Å². The number of hydrogen-bond acceptors (Lipinski definition) is 4. The highest BCUT2D eigenvalue weighted by Gasteiger charge is 2.18. The molecule has 0 bridgehead atoms. The predicted molar refractivity (Wildman–Crippen MR) is 135 cm³/mol. The molecule has 2 heterocycles. The normalized spacial score (nSPS) is 15.4. The molecule has 166 valence electrons. The second kappa shape index (κ2) is 9.94. The van der Waals surface area contributed by atoms with E-state index >= 15 is 0 Å². The van der Waals surface area contributed by atoms with Gasteiger partial charge < -0.3 is 0 Å². The van der Waals surface area contributed by atoms with E-state index in [9.17, 15) is 4.79 Å². The molecule has 1 aromatic heterocycles. The fourth-order valence-corrected chi connectivity index (χ4v) is 4.34. The van der Waals surface area contributed by atoms with E-state index in [-0.39, 0.29) is 5.56 Å². The molecule has 0 spiro atoms. The minimum atomic E-state index is -0.0292. The van der Waals surface area contributed by atoms with Gasteiger partial charge in [-0.25, -0.2) is 4.68 Å². The van der Waals surface area contributed by atoms with Crippen molar-refractivity contribution < 1.29 is 0 Å². The lowest BCUT2D eigenvalue weighted by Crippen LogP contribution is -2.48.